The number of nitrogens with zero attached hydrogens (tertiary/aromatic N) is 3. The molecule has 12 N–H and O–H groups in total. The second-order valence-electron chi connectivity index (χ2n) is 17.3. The molecule has 2 saturated heterocycles. The summed E-state index contributed by atoms with van der Waals surface area (Å²) in [5.74, 6) is -10.0. The number of nitrogens with one attached hydrogen (secondary N) is 5. The number of benzene rings is 2. The molecule has 376 valence electrons. The predicted molar refractivity (Wildman–Crippen MR) is 247 cm³/mol. The minimum Gasteiger partial charge on any atom is -0.508 e. The number of likely N-dealkylation sites (N-methyl/N-ethyl adjacent to an activating group) is 1. The van der Waals surface area contributed by atoms with Gasteiger partial charge in [0, 0.05) is 33.4 Å². The number of hydrogen-bond donors (Lipinski definition) is 10. The number of phenolic OH excluding ortho intramolecular Hbond substituents is 1. The topological polar surface area (TPSA) is 355 Å². The Labute approximate surface area is 399 Å². The first-order chi connectivity index (χ1) is 32.6. The van der Waals surface area contributed by atoms with Gasteiger partial charge in [-0.15, -0.1) is 0 Å². The van der Waals surface area contributed by atoms with E-state index in [-0.39, 0.29) is 63.2 Å². The standard InChI is InChI=1S/C46H64N10O13/c1-6-24(2)37-45(68)69-25(3)38(54-40(63)32(23-36(60)61)50-26(4)57)42(65)51-30(13-10-20-49-46(47)48)39(62)52-31-18-19-35(59)56(43(31)66)34(22-27-11-8-7-9-12-27)44(67)55(5)33(41(64)53-37)21-28-14-16-29(58)17-15-28/h7-9,11-12,14-17,24-25,30-35,37-38,58-59H,6,10,13,18-23H2,1-5H3,(H,50,57)(H,51,65)(H,52,62)(H,53,64)(H,54,63)(H,60,61)(H4,47,48,49)/t24-,25+,30?,31-,32-,33-,34?,35+,37-,38?/m0/s1. The third-order valence-electron chi connectivity index (χ3n) is 12.0. The van der Waals surface area contributed by atoms with E-state index in [0.29, 0.717) is 11.1 Å². The quantitative estimate of drug-likeness (QED) is 0.0411. The summed E-state index contributed by atoms with van der Waals surface area (Å²) < 4.78 is 5.83. The minimum atomic E-state index is -1.89. The number of fused-ring (bicyclic) bond motifs is 2. The van der Waals surface area contributed by atoms with Crippen LogP contribution in [0.4, 0.5) is 0 Å². The maximum absolute atomic E-state index is 15.1. The van der Waals surface area contributed by atoms with E-state index < -0.39 is 120 Å². The number of phenols is 1. The molecular formula is C46H64N10O13. The zero-order valence-corrected chi connectivity index (χ0v) is 39.3. The van der Waals surface area contributed by atoms with Crippen LogP contribution in [-0.4, -0.2) is 153 Å². The molecule has 2 aliphatic heterocycles. The second kappa shape index (κ2) is 25.2. The number of aliphatic hydroxyl groups excluding tert-OH is 1. The number of carbonyl (C=O) groups is 9. The third-order valence-corrected chi connectivity index (χ3v) is 12.0. The van der Waals surface area contributed by atoms with Crippen molar-refractivity contribution in [1.29, 1.82) is 0 Å². The molecule has 0 spiro atoms. The molecule has 10 atom stereocenters. The average Bonchev–Trinajstić information content (AvgIpc) is 3.29. The molecule has 4 rings (SSSR count). The number of nitrogens with two attached hydrogens (primary N) is 2. The van der Waals surface area contributed by atoms with Gasteiger partial charge >= 0.3 is 11.9 Å². The number of hydrogen-bond acceptors (Lipinski definition) is 13. The first kappa shape index (κ1) is 54.3. The molecule has 23 heteroatoms. The summed E-state index contributed by atoms with van der Waals surface area (Å²) in [7, 11) is 1.34. The molecule has 0 saturated carbocycles. The number of ether oxygens (including phenoxy) is 1. The number of piperidine rings is 1. The number of rotatable bonds is 15. The summed E-state index contributed by atoms with van der Waals surface area (Å²) in [6.45, 7) is 5.61. The van der Waals surface area contributed by atoms with E-state index in [1.165, 1.54) is 38.2 Å². The fraction of sp³-hybridized carbons (Fsp3) is 0.522. The molecule has 2 aromatic rings. The molecule has 7 amide bonds. The highest BCUT2D eigenvalue weighted by Gasteiger charge is 2.46. The smallest absolute Gasteiger partial charge is 0.329 e. The maximum atomic E-state index is 15.1. The Hall–Kier alpha value is -7.30. The number of esters is 1. The summed E-state index contributed by atoms with van der Waals surface area (Å²) in [5, 5.41) is 43.6. The normalized spacial score (nSPS) is 25.0. The van der Waals surface area contributed by atoms with Gasteiger partial charge in [0.2, 0.25) is 41.4 Å². The highest BCUT2D eigenvalue weighted by atomic mass is 16.5. The number of carbonyl (C=O) groups excluding carboxylic acids is 8. The van der Waals surface area contributed by atoms with Gasteiger partial charge < -0.3 is 67.9 Å². The van der Waals surface area contributed by atoms with Crippen LogP contribution in [0.2, 0.25) is 0 Å². The Kier molecular flexibility index (Phi) is 19.8. The van der Waals surface area contributed by atoms with Crippen LogP contribution >= 0.6 is 0 Å². The SMILES string of the molecule is CC[C@H](C)[C@@H]1NC(=O)[C@H](Cc2ccc(O)cc2)N(C)C(=O)C(Cc2ccccc2)N2C(=O)[C@H](CC[C@H]2O)NC(=O)C(CCCN=C(N)N)NC(=O)C(NC(=O)[C@H](CC(=O)O)NC(C)=O)[C@@H](C)OC1=O. The first-order valence-corrected chi connectivity index (χ1v) is 22.7. The maximum Gasteiger partial charge on any atom is 0.329 e. The number of aromatic hydroxyl groups is 1. The molecule has 0 aliphatic carbocycles. The van der Waals surface area contributed by atoms with Crippen molar-refractivity contribution in [2.75, 3.05) is 13.6 Å². The highest BCUT2D eigenvalue weighted by molar-refractivity contribution is 5.98. The van der Waals surface area contributed by atoms with Gasteiger partial charge in [0.25, 0.3) is 0 Å². The van der Waals surface area contributed by atoms with Crippen LogP contribution in [0.25, 0.3) is 0 Å². The van der Waals surface area contributed by atoms with E-state index in [9.17, 15) is 53.7 Å². The summed E-state index contributed by atoms with van der Waals surface area (Å²) in [6.07, 6.45) is -4.44. The monoisotopic (exact) mass is 964 g/mol. The summed E-state index contributed by atoms with van der Waals surface area (Å²) in [5.41, 5.74) is 12.1. The van der Waals surface area contributed by atoms with Crippen molar-refractivity contribution < 1.29 is 63.2 Å². The Morgan fingerprint density at radius 3 is 2.13 bits per heavy atom. The molecule has 2 bridgehead atoms. The van der Waals surface area contributed by atoms with Crippen LogP contribution < -0.4 is 38.1 Å². The third kappa shape index (κ3) is 15.4. The number of carboxylic acids is 1. The van der Waals surface area contributed by atoms with Crippen LogP contribution in [0.15, 0.2) is 59.6 Å². The molecular weight excluding hydrogens is 901 g/mol. The van der Waals surface area contributed by atoms with E-state index in [0.717, 1.165) is 16.7 Å². The van der Waals surface area contributed by atoms with E-state index in [2.05, 4.69) is 31.6 Å². The number of aliphatic imine (C=N–C) groups is 1. The highest BCUT2D eigenvalue weighted by Crippen LogP contribution is 2.26. The van der Waals surface area contributed by atoms with Crippen molar-refractivity contribution in [3.05, 3.63) is 65.7 Å². The zero-order valence-electron chi connectivity index (χ0n) is 39.3. The van der Waals surface area contributed by atoms with Crippen molar-refractivity contribution in [2.45, 2.75) is 134 Å². The van der Waals surface area contributed by atoms with Gasteiger partial charge in [-0.3, -0.25) is 43.3 Å². The van der Waals surface area contributed by atoms with Crippen LogP contribution in [-0.2, 0) is 60.7 Å². The Bertz CT molecular complexity index is 2190. The number of amides is 7. The lowest BCUT2D eigenvalue weighted by molar-refractivity contribution is -0.165. The van der Waals surface area contributed by atoms with Crippen LogP contribution in [0.3, 0.4) is 0 Å². The molecule has 2 fully saturated rings. The van der Waals surface area contributed by atoms with Crippen molar-refractivity contribution >= 4 is 59.2 Å². The van der Waals surface area contributed by atoms with Crippen molar-refractivity contribution in [1.82, 2.24) is 36.4 Å². The van der Waals surface area contributed by atoms with Crippen molar-refractivity contribution in [2.24, 2.45) is 22.4 Å². The average molecular weight is 965 g/mol. The Morgan fingerprint density at radius 2 is 1.52 bits per heavy atom. The van der Waals surface area contributed by atoms with Gasteiger partial charge in [-0.25, -0.2) is 4.79 Å². The zero-order chi connectivity index (χ0) is 51.1. The molecule has 0 radical (unpaired) electrons. The summed E-state index contributed by atoms with van der Waals surface area (Å²) in [6, 6.07) is 3.63. The number of aliphatic hydroxyl groups is 1. The molecule has 3 unspecified atom stereocenters. The lowest BCUT2D eigenvalue weighted by Crippen LogP contribution is -2.65. The molecule has 69 heavy (non-hydrogen) atoms. The molecule has 2 aliphatic rings. The van der Waals surface area contributed by atoms with E-state index in [1.807, 2.05) is 0 Å². The largest absolute Gasteiger partial charge is 0.508 e. The second-order valence-corrected chi connectivity index (χ2v) is 17.3. The van der Waals surface area contributed by atoms with Gasteiger partial charge in [0.15, 0.2) is 5.96 Å². The summed E-state index contributed by atoms with van der Waals surface area (Å²) >= 11 is 0. The fourth-order valence-corrected chi connectivity index (χ4v) is 8.02. The first-order valence-electron chi connectivity index (χ1n) is 22.7. The summed E-state index contributed by atoms with van der Waals surface area (Å²) in [4.78, 5) is 131. The van der Waals surface area contributed by atoms with Gasteiger partial charge in [-0.05, 0) is 61.8 Å². The van der Waals surface area contributed by atoms with E-state index >= 15 is 4.79 Å². The van der Waals surface area contributed by atoms with Crippen LogP contribution in [0, 0.1) is 5.92 Å². The van der Waals surface area contributed by atoms with Gasteiger partial charge in [0.1, 0.15) is 60.4 Å². The molecule has 0 aromatic heterocycles. The van der Waals surface area contributed by atoms with Gasteiger partial charge in [-0.1, -0.05) is 62.7 Å². The van der Waals surface area contributed by atoms with Crippen LogP contribution in [0.1, 0.15) is 77.3 Å². The lowest BCUT2D eigenvalue weighted by Gasteiger charge is -2.43. The fourth-order valence-electron chi connectivity index (χ4n) is 8.02. The van der Waals surface area contributed by atoms with E-state index in [1.54, 1.807) is 44.2 Å². The van der Waals surface area contributed by atoms with Crippen molar-refractivity contribution in [3.63, 3.8) is 0 Å². The predicted octanol–water partition coefficient (Wildman–Crippen LogP) is -1.72. The molecule has 2 aromatic carbocycles. The Morgan fingerprint density at radius 1 is 0.884 bits per heavy atom. The minimum absolute atomic E-state index is 0.0146. The molecule has 2 heterocycles. The number of cyclic esters (lactones) is 1. The molecule has 23 nitrogen and oxygen atoms in total. The van der Waals surface area contributed by atoms with Crippen LogP contribution in [0.5, 0.6) is 5.75 Å². The number of carboxylic acid groups (broad SMARTS) is 1. The Balaban J connectivity index is 1.91. The number of aliphatic carboxylic acids is 1. The van der Waals surface area contributed by atoms with Gasteiger partial charge in [-0.2, -0.15) is 0 Å². The lowest BCUT2D eigenvalue weighted by atomic mass is 9.95. The van der Waals surface area contributed by atoms with Crippen molar-refractivity contribution in [3.8, 4) is 5.75 Å². The number of guanidine groups is 1. The van der Waals surface area contributed by atoms with Gasteiger partial charge in [0.05, 0.1) is 6.42 Å². The van der Waals surface area contributed by atoms with E-state index in [4.69, 9.17) is 16.2 Å².